The minimum absolute atomic E-state index is 0.102. The lowest BCUT2D eigenvalue weighted by atomic mass is 10.2. The highest BCUT2D eigenvalue weighted by atomic mass is 35.5. The van der Waals surface area contributed by atoms with Crippen LogP contribution in [0.5, 0.6) is 0 Å². The standard InChI is InChI=1S/C19H14ClF3N4/c20-14-6-5-13(19(21,22)23)11-15(14)25-18-24-9-7-17(26-18)27-10-8-12-3-1-2-4-16(12)27/h1-7,9,11H,8,10H2,(H,24,25,26). The van der Waals surface area contributed by atoms with E-state index in [-0.39, 0.29) is 16.7 Å². The van der Waals surface area contributed by atoms with Crippen LogP contribution in [-0.4, -0.2) is 16.5 Å². The third-order valence-corrected chi connectivity index (χ3v) is 4.67. The van der Waals surface area contributed by atoms with Crippen molar-refractivity contribution in [3.63, 3.8) is 0 Å². The van der Waals surface area contributed by atoms with Gasteiger partial charge in [0.25, 0.3) is 0 Å². The zero-order valence-corrected chi connectivity index (χ0v) is 14.7. The second-order valence-electron chi connectivity index (χ2n) is 6.09. The zero-order valence-electron chi connectivity index (χ0n) is 14.0. The van der Waals surface area contributed by atoms with Gasteiger partial charge in [0, 0.05) is 18.4 Å². The van der Waals surface area contributed by atoms with Crippen molar-refractivity contribution in [3.8, 4) is 0 Å². The number of nitrogens with zero attached hydrogens (tertiary/aromatic N) is 3. The Labute approximate surface area is 158 Å². The molecular weight excluding hydrogens is 377 g/mol. The maximum absolute atomic E-state index is 12.9. The van der Waals surface area contributed by atoms with Crippen molar-refractivity contribution >= 4 is 34.7 Å². The molecule has 4 rings (SSSR count). The van der Waals surface area contributed by atoms with E-state index in [0.29, 0.717) is 5.82 Å². The molecule has 0 unspecified atom stereocenters. The fraction of sp³-hybridized carbons (Fsp3) is 0.158. The summed E-state index contributed by atoms with van der Waals surface area (Å²) in [4.78, 5) is 10.6. The van der Waals surface area contributed by atoms with Gasteiger partial charge < -0.3 is 10.2 Å². The van der Waals surface area contributed by atoms with E-state index in [0.717, 1.165) is 30.8 Å². The molecule has 27 heavy (non-hydrogen) atoms. The van der Waals surface area contributed by atoms with Gasteiger partial charge in [0.05, 0.1) is 16.3 Å². The summed E-state index contributed by atoms with van der Waals surface area (Å²) in [6.45, 7) is 0.778. The van der Waals surface area contributed by atoms with Crippen molar-refractivity contribution in [2.45, 2.75) is 12.6 Å². The van der Waals surface area contributed by atoms with Crippen molar-refractivity contribution < 1.29 is 13.2 Å². The van der Waals surface area contributed by atoms with E-state index in [1.165, 1.54) is 11.6 Å². The van der Waals surface area contributed by atoms with Crippen LogP contribution in [0.4, 0.5) is 36.3 Å². The van der Waals surface area contributed by atoms with Crippen LogP contribution in [0.3, 0.4) is 0 Å². The summed E-state index contributed by atoms with van der Waals surface area (Å²) in [5.74, 6) is 0.846. The number of alkyl halides is 3. The van der Waals surface area contributed by atoms with Gasteiger partial charge >= 0.3 is 6.18 Å². The lowest BCUT2D eigenvalue weighted by molar-refractivity contribution is -0.137. The van der Waals surface area contributed by atoms with Gasteiger partial charge in [-0.15, -0.1) is 0 Å². The van der Waals surface area contributed by atoms with Crippen LogP contribution < -0.4 is 10.2 Å². The van der Waals surface area contributed by atoms with Gasteiger partial charge in [0.2, 0.25) is 5.95 Å². The number of nitrogens with one attached hydrogen (secondary N) is 1. The summed E-state index contributed by atoms with van der Waals surface area (Å²) in [5.41, 5.74) is 1.61. The van der Waals surface area contributed by atoms with E-state index in [2.05, 4.69) is 26.3 Å². The van der Waals surface area contributed by atoms with Gasteiger partial charge in [-0.2, -0.15) is 18.2 Å². The monoisotopic (exact) mass is 390 g/mol. The summed E-state index contributed by atoms with van der Waals surface area (Å²) in [7, 11) is 0. The molecule has 0 atom stereocenters. The van der Waals surface area contributed by atoms with E-state index >= 15 is 0 Å². The first-order chi connectivity index (χ1) is 12.9. The fourth-order valence-corrected chi connectivity index (χ4v) is 3.22. The largest absolute Gasteiger partial charge is 0.416 e. The van der Waals surface area contributed by atoms with Gasteiger partial charge in [-0.25, -0.2) is 4.98 Å². The van der Waals surface area contributed by atoms with Gasteiger partial charge in [-0.1, -0.05) is 29.8 Å². The molecule has 0 saturated heterocycles. The van der Waals surface area contributed by atoms with E-state index in [1.54, 1.807) is 12.3 Å². The predicted molar refractivity (Wildman–Crippen MR) is 98.9 cm³/mol. The number of aromatic nitrogens is 2. The molecule has 1 aromatic heterocycles. The summed E-state index contributed by atoms with van der Waals surface area (Å²) in [6, 6.07) is 12.9. The third-order valence-electron chi connectivity index (χ3n) is 4.34. The minimum Gasteiger partial charge on any atom is -0.326 e. The molecule has 0 fully saturated rings. The maximum atomic E-state index is 12.9. The van der Waals surface area contributed by atoms with Crippen LogP contribution in [0.25, 0.3) is 0 Å². The minimum atomic E-state index is -4.46. The molecule has 0 aliphatic carbocycles. The Kier molecular flexibility index (Phi) is 4.39. The molecule has 0 saturated carbocycles. The summed E-state index contributed by atoms with van der Waals surface area (Å²) in [5, 5.41) is 2.95. The Hall–Kier alpha value is -2.80. The number of anilines is 4. The molecule has 2 heterocycles. The number of hydrogen-bond acceptors (Lipinski definition) is 4. The van der Waals surface area contributed by atoms with Crippen molar-refractivity contribution in [1.29, 1.82) is 0 Å². The predicted octanol–water partition coefficient (Wildman–Crippen LogP) is 5.59. The molecule has 138 valence electrons. The van der Waals surface area contributed by atoms with Crippen molar-refractivity contribution in [3.05, 3.63) is 70.9 Å². The average Bonchev–Trinajstić information content (AvgIpc) is 3.07. The van der Waals surface area contributed by atoms with Gasteiger partial charge in [0.15, 0.2) is 0 Å². The molecule has 0 bridgehead atoms. The molecule has 1 N–H and O–H groups in total. The smallest absolute Gasteiger partial charge is 0.326 e. The topological polar surface area (TPSA) is 41.1 Å². The van der Waals surface area contributed by atoms with Gasteiger partial charge in [0.1, 0.15) is 5.82 Å². The molecular formula is C19H14ClF3N4. The van der Waals surface area contributed by atoms with Crippen LogP contribution in [-0.2, 0) is 12.6 Å². The molecule has 0 radical (unpaired) electrons. The van der Waals surface area contributed by atoms with Crippen molar-refractivity contribution in [2.75, 3.05) is 16.8 Å². The fourth-order valence-electron chi connectivity index (χ4n) is 3.05. The highest BCUT2D eigenvalue weighted by Crippen LogP contribution is 2.36. The molecule has 4 nitrogen and oxygen atoms in total. The molecule has 2 aromatic carbocycles. The van der Waals surface area contributed by atoms with Gasteiger partial charge in [-0.3, -0.25) is 0 Å². The van der Waals surface area contributed by atoms with Crippen LogP contribution >= 0.6 is 11.6 Å². The van der Waals surface area contributed by atoms with Crippen LogP contribution in [0.1, 0.15) is 11.1 Å². The van der Waals surface area contributed by atoms with Crippen LogP contribution in [0.2, 0.25) is 5.02 Å². The average molecular weight is 391 g/mol. The lowest BCUT2D eigenvalue weighted by Crippen LogP contribution is -2.15. The molecule has 0 spiro atoms. The highest BCUT2D eigenvalue weighted by Gasteiger charge is 2.31. The van der Waals surface area contributed by atoms with Crippen LogP contribution in [0, 0.1) is 0 Å². The number of para-hydroxylation sites is 1. The number of benzene rings is 2. The van der Waals surface area contributed by atoms with Crippen molar-refractivity contribution in [2.24, 2.45) is 0 Å². The SMILES string of the molecule is FC(F)(F)c1ccc(Cl)c(Nc2nccc(N3CCc4ccccc43)n2)c1. The Morgan fingerprint density at radius 3 is 2.70 bits per heavy atom. The third kappa shape index (κ3) is 3.55. The van der Waals surface area contributed by atoms with Crippen molar-refractivity contribution in [1.82, 2.24) is 9.97 Å². The normalized spacial score (nSPS) is 13.6. The molecule has 3 aromatic rings. The Bertz CT molecular complexity index is 991. The second kappa shape index (κ2) is 6.74. The molecule has 8 heteroatoms. The first kappa shape index (κ1) is 17.6. The number of rotatable bonds is 3. The molecule has 0 amide bonds. The highest BCUT2D eigenvalue weighted by molar-refractivity contribution is 6.33. The van der Waals surface area contributed by atoms with E-state index < -0.39 is 11.7 Å². The zero-order chi connectivity index (χ0) is 19.0. The summed E-state index contributed by atoms with van der Waals surface area (Å²) < 4.78 is 38.8. The summed E-state index contributed by atoms with van der Waals surface area (Å²) >= 11 is 6.03. The van der Waals surface area contributed by atoms with E-state index in [1.807, 2.05) is 18.2 Å². The van der Waals surface area contributed by atoms with Crippen LogP contribution in [0.15, 0.2) is 54.7 Å². The summed E-state index contributed by atoms with van der Waals surface area (Å²) in [6.07, 6.45) is -1.99. The second-order valence-corrected chi connectivity index (χ2v) is 6.49. The first-order valence-electron chi connectivity index (χ1n) is 8.24. The quantitative estimate of drug-likeness (QED) is 0.633. The van der Waals surface area contributed by atoms with E-state index in [4.69, 9.17) is 11.6 Å². The number of fused-ring (bicyclic) bond motifs is 1. The number of hydrogen-bond donors (Lipinski definition) is 1. The Balaban J connectivity index is 1.63. The molecule has 1 aliphatic heterocycles. The molecule has 1 aliphatic rings. The van der Waals surface area contributed by atoms with Gasteiger partial charge in [-0.05, 0) is 42.3 Å². The lowest BCUT2D eigenvalue weighted by Gasteiger charge is -2.19. The Morgan fingerprint density at radius 1 is 1.07 bits per heavy atom. The maximum Gasteiger partial charge on any atom is 0.416 e. The van der Waals surface area contributed by atoms with E-state index in [9.17, 15) is 13.2 Å². The Morgan fingerprint density at radius 2 is 1.89 bits per heavy atom. The number of halogens is 4. The first-order valence-corrected chi connectivity index (χ1v) is 8.62.